The number of hydrogen-bond acceptors (Lipinski definition) is 4. The first-order valence-corrected chi connectivity index (χ1v) is 8.75. The van der Waals surface area contributed by atoms with E-state index >= 15 is 0 Å². The van der Waals surface area contributed by atoms with Crippen molar-refractivity contribution >= 4 is 57.3 Å². The first-order valence-electron chi connectivity index (χ1n) is 7.61. The van der Waals surface area contributed by atoms with Crippen molar-refractivity contribution in [2.45, 2.75) is 12.8 Å². The Morgan fingerprint density at radius 3 is 2.54 bits per heavy atom. The fourth-order valence-corrected chi connectivity index (χ4v) is 3.25. The molecule has 3 rings (SSSR count). The zero-order valence-electron chi connectivity index (χ0n) is 13.3. The third-order valence-corrected chi connectivity index (χ3v) is 4.40. The van der Waals surface area contributed by atoms with Crippen molar-refractivity contribution < 1.29 is 4.79 Å². The molecule has 0 atom stereocenters. The molecule has 0 aliphatic heterocycles. The minimum atomic E-state index is -0.317. The fourth-order valence-electron chi connectivity index (χ4n) is 2.34. The molecule has 9 heteroatoms. The van der Waals surface area contributed by atoms with Gasteiger partial charge in [-0.3, -0.25) is 20.4 Å². The molecule has 0 fully saturated rings. The van der Waals surface area contributed by atoms with Crippen LogP contribution in [0.3, 0.4) is 0 Å². The van der Waals surface area contributed by atoms with Gasteiger partial charge in [0.25, 0.3) is 5.56 Å². The predicted molar refractivity (Wildman–Crippen MR) is 104 cm³/mol. The SMILES string of the molecule is O=C(CCc1nc2ccccc2c(=O)[nH]1)NNc1c(Cl)cc(Cl)cc1Cl. The van der Waals surface area contributed by atoms with Gasteiger partial charge in [-0.25, -0.2) is 4.98 Å². The lowest BCUT2D eigenvalue weighted by Crippen LogP contribution is -2.30. The van der Waals surface area contributed by atoms with E-state index in [1.54, 1.807) is 24.3 Å². The second kappa shape index (κ2) is 7.95. The van der Waals surface area contributed by atoms with Gasteiger partial charge in [0, 0.05) is 17.9 Å². The number of amides is 1. The maximum absolute atomic E-state index is 12.0. The summed E-state index contributed by atoms with van der Waals surface area (Å²) in [5.41, 5.74) is 5.88. The summed E-state index contributed by atoms with van der Waals surface area (Å²) in [6, 6.07) is 10.0. The van der Waals surface area contributed by atoms with Crippen LogP contribution in [0.4, 0.5) is 5.69 Å². The van der Waals surface area contributed by atoms with Gasteiger partial charge in [-0.05, 0) is 24.3 Å². The number of halogens is 3. The summed E-state index contributed by atoms with van der Waals surface area (Å²) in [6.07, 6.45) is 0.382. The molecule has 0 saturated carbocycles. The molecule has 0 aliphatic carbocycles. The molecule has 3 aromatic rings. The van der Waals surface area contributed by atoms with Gasteiger partial charge in [-0.2, -0.15) is 0 Å². The number of H-pyrrole nitrogens is 1. The van der Waals surface area contributed by atoms with Gasteiger partial charge >= 0.3 is 0 Å². The maximum atomic E-state index is 12.0. The average Bonchev–Trinajstić information content (AvgIpc) is 2.59. The van der Waals surface area contributed by atoms with Crippen molar-refractivity contribution in [1.82, 2.24) is 15.4 Å². The molecule has 26 heavy (non-hydrogen) atoms. The average molecular weight is 412 g/mol. The lowest BCUT2D eigenvalue weighted by atomic mass is 10.2. The summed E-state index contributed by atoms with van der Waals surface area (Å²) < 4.78 is 0. The van der Waals surface area contributed by atoms with Crippen molar-refractivity contribution in [3.8, 4) is 0 Å². The van der Waals surface area contributed by atoms with Gasteiger partial charge in [0.05, 0.1) is 26.6 Å². The molecule has 1 amide bonds. The number of hydrazine groups is 1. The molecule has 0 aliphatic rings. The van der Waals surface area contributed by atoms with E-state index in [2.05, 4.69) is 20.8 Å². The molecule has 1 heterocycles. The zero-order chi connectivity index (χ0) is 18.7. The maximum Gasteiger partial charge on any atom is 0.258 e. The van der Waals surface area contributed by atoms with Crippen LogP contribution in [0.1, 0.15) is 12.2 Å². The van der Waals surface area contributed by atoms with Gasteiger partial charge in [0.2, 0.25) is 5.91 Å². The second-order valence-electron chi connectivity index (χ2n) is 5.45. The second-order valence-corrected chi connectivity index (χ2v) is 6.70. The molecule has 2 aromatic carbocycles. The van der Waals surface area contributed by atoms with Crippen LogP contribution < -0.4 is 16.4 Å². The summed E-state index contributed by atoms with van der Waals surface area (Å²) in [5, 5.41) is 1.46. The normalized spacial score (nSPS) is 10.7. The number of fused-ring (bicyclic) bond motifs is 1. The number of anilines is 1. The van der Waals surface area contributed by atoms with Crippen molar-refractivity contribution in [3.05, 3.63) is 67.6 Å². The predicted octanol–water partition coefficient (Wildman–Crippen LogP) is 3.96. The Morgan fingerprint density at radius 1 is 1.12 bits per heavy atom. The van der Waals surface area contributed by atoms with Gasteiger partial charge in [-0.15, -0.1) is 0 Å². The summed E-state index contributed by atoms with van der Waals surface area (Å²) in [4.78, 5) is 31.1. The van der Waals surface area contributed by atoms with Crippen LogP contribution in [0.15, 0.2) is 41.2 Å². The van der Waals surface area contributed by atoms with E-state index in [9.17, 15) is 9.59 Å². The molecule has 3 N–H and O–H groups in total. The zero-order valence-corrected chi connectivity index (χ0v) is 15.5. The van der Waals surface area contributed by atoms with E-state index < -0.39 is 0 Å². The molecule has 0 radical (unpaired) electrons. The third-order valence-electron chi connectivity index (χ3n) is 3.58. The fraction of sp³-hybridized carbons (Fsp3) is 0.118. The monoisotopic (exact) mass is 410 g/mol. The molecular weight excluding hydrogens is 399 g/mol. The van der Waals surface area contributed by atoms with Crippen molar-refractivity contribution in [1.29, 1.82) is 0 Å². The van der Waals surface area contributed by atoms with Crippen molar-refractivity contribution in [2.75, 3.05) is 5.43 Å². The molecule has 134 valence electrons. The van der Waals surface area contributed by atoms with E-state index in [1.165, 1.54) is 12.1 Å². The van der Waals surface area contributed by atoms with Gasteiger partial charge in [-0.1, -0.05) is 46.9 Å². The first kappa shape index (κ1) is 18.5. The van der Waals surface area contributed by atoms with Crippen molar-refractivity contribution in [2.24, 2.45) is 0 Å². The summed E-state index contributed by atoms with van der Waals surface area (Å²) in [6.45, 7) is 0. The van der Waals surface area contributed by atoms with Gasteiger partial charge < -0.3 is 4.98 Å². The molecule has 0 unspecified atom stereocenters. The smallest absolute Gasteiger partial charge is 0.258 e. The van der Waals surface area contributed by atoms with Gasteiger partial charge in [0.1, 0.15) is 5.82 Å². The standard InChI is InChI=1S/C17H13Cl3N4O2/c18-9-7-11(19)16(12(20)8-9)24-23-15(25)6-5-14-21-13-4-2-1-3-10(13)17(26)22-14/h1-4,7-8,24H,5-6H2,(H,23,25)(H,21,22,26). The topological polar surface area (TPSA) is 86.9 Å². The summed E-state index contributed by atoms with van der Waals surface area (Å²) in [5.74, 6) is 0.120. The highest BCUT2D eigenvalue weighted by atomic mass is 35.5. The van der Waals surface area contributed by atoms with Gasteiger partial charge in [0.15, 0.2) is 0 Å². The number of nitrogens with one attached hydrogen (secondary N) is 3. The minimum absolute atomic E-state index is 0.108. The molecule has 0 bridgehead atoms. The Kier molecular flexibility index (Phi) is 5.66. The number of aryl methyl sites for hydroxylation is 1. The lowest BCUT2D eigenvalue weighted by Gasteiger charge is -2.12. The van der Waals surface area contributed by atoms with Crippen LogP contribution in [-0.2, 0) is 11.2 Å². The molecule has 0 spiro atoms. The Labute approximate surface area is 163 Å². The summed E-state index contributed by atoms with van der Waals surface area (Å²) in [7, 11) is 0. The number of carbonyl (C=O) groups excluding carboxylic acids is 1. The van der Waals surface area contributed by atoms with Crippen LogP contribution in [0.5, 0.6) is 0 Å². The number of nitrogens with zero attached hydrogens (tertiary/aromatic N) is 1. The number of rotatable bonds is 5. The number of benzene rings is 2. The molecule has 0 saturated heterocycles. The van der Waals surface area contributed by atoms with Crippen LogP contribution in [0.25, 0.3) is 10.9 Å². The number of carbonyl (C=O) groups is 1. The van der Waals surface area contributed by atoms with Crippen LogP contribution in [0.2, 0.25) is 15.1 Å². The Bertz CT molecular complexity index is 1010. The van der Waals surface area contributed by atoms with E-state index in [0.29, 0.717) is 27.4 Å². The quantitative estimate of drug-likeness (QED) is 0.555. The van der Waals surface area contributed by atoms with Crippen LogP contribution in [0, 0.1) is 0 Å². The Morgan fingerprint density at radius 2 is 1.81 bits per heavy atom. The number of para-hydroxylation sites is 1. The van der Waals surface area contributed by atoms with Crippen molar-refractivity contribution in [3.63, 3.8) is 0 Å². The van der Waals surface area contributed by atoms with E-state index in [-0.39, 0.29) is 34.4 Å². The number of hydrogen-bond donors (Lipinski definition) is 3. The minimum Gasteiger partial charge on any atom is -0.310 e. The van der Waals surface area contributed by atoms with E-state index in [4.69, 9.17) is 34.8 Å². The number of aromatic amines is 1. The van der Waals surface area contributed by atoms with E-state index in [0.717, 1.165) is 0 Å². The highest BCUT2D eigenvalue weighted by molar-refractivity contribution is 6.41. The highest BCUT2D eigenvalue weighted by Crippen LogP contribution is 2.33. The van der Waals surface area contributed by atoms with E-state index in [1.807, 2.05) is 0 Å². The highest BCUT2D eigenvalue weighted by Gasteiger charge is 2.10. The van der Waals surface area contributed by atoms with Crippen LogP contribution in [-0.4, -0.2) is 15.9 Å². The Hall–Kier alpha value is -2.28. The summed E-state index contributed by atoms with van der Waals surface area (Å²) >= 11 is 17.9. The third kappa shape index (κ3) is 4.27. The largest absolute Gasteiger partial charge is 0.310 e. The first-order chi connectivity index (χ1) is 12.4. The van der Waals surface area contributed by atoms with Crippen LogP contribution >= 0.6 is 34.8 Å². The molecule has 6 nitrogen and oxygen atoms in total. The molecule has 1 aromatic heterocycles. The Balaban J connectivity index is 1.62. The molecular formula is C17H13Cl3N4O2. The number of aromatic nitrogens is 2. The lowest BCUT2D eigenvalue weighted by molar-refractivity contribution is -0.120.